The Kier molecular flexibility index (Phi) is 6.50. The number of benzene rings is 1. The minimum Gasteiger partial charge on any atom is -0.351 e. The van der Waals surface area contributed by atoms with E-state index in [1.54, 1.807) is 46.4 Å². The monoisotopic (exact) mass is 447 g/mol. The first-order valence-electron chi connectivity index (χ1n) is 11.1. The molecule has 1 aromatic carbocycles. The average Bonchev–Trinajstić information content (AvgIpc) is 3.43. The Labute approximate surface area is 193 Å². The molecule has 0 bridgehead atoms. The number of anilines is 1. The van der Waals surface area contributed by atoms with Gasteiger partial charge in [0.25, 0.3) is 11.8 Å². The van der Waals surface area contributed by atoms with Crippen molar-refractivity contribution in [1.82, 2.24) is 30.0 Å². The Morgan fingerprint density at radius 2 is 2.00 bits per heavy atom. The number of hydrogen-bond donors (Lipinski definition) is 1. The Balaban J connectivity index is 1.68. The van der Waals surface area contributed by atoms with Crippen molar-refractivity contribution in [3.8, 4) is 0 Å². The molecule has 0 fully saturated rings. The van der Waals surface area contributed by atoms with Crippen LogP contribution < -0.4 is 10.2 Å². The summed E-state index contributed by atoms with van der Waals surface area (Å²) in [4.78, 5) is 38.5. The fourth-order valence-corrected chi connectivity index (χ4v) is 3.83. The second-order valence-corrected chi connectivity index (χ2v) is 8.69. The Hall–Kier alpha value is -3.59. The summed E-state index contributed by atoms with van der Waals surface area (Å²) < 4.78 is 1.80. The molecule has 2 aromatic heterocycles. The molecule has 33 heavy (non-hydrogen) atoms. The Morgan fingerprint density at radius 1 is 1.18 bits per heavy atom. The standard InChI is InChI=1S/C24H29N7O2/c1-16(2)31-15-27-22(28-31)19-14-30(24(33)20-7-5-6-10-25-20)21-9-8-17(13-18(19)21)23(32)26-11-12-29(3)4/h5-10,13,15-16,19H,11-12,14H2,1-4H3,(H,26,32). The van der Waals surface area contributed by atoms with Gasteiger partial charge in [0.2, 0.25) is 0 Å². The molecular formula is C24H29N7O2. The first kappa shape index (κ1) is 22.6. The molecule has 1 N–H and O–H groups in total. The summed E-state index contributed by atoms with van der Waals surface area (Å²) in [6, 6.07) is 10.9. The number of nitrogens with zero attached hydrogens (tertiary/aromatic N) is 6. The first-order valence-corrected chi connectivity index (χ1v) is 11.1. The van der Waals surface area contributed by atoms with E-state index in [-0.39, 0.29) is 23.8 Å². The molecule has 1 aliphatic heterocycles. The van der Waals surface area contributed by atoms with E-state index in [1.165, 1.54) is 0 Å². The van der Waals surface area contributed by atoms with Gasteiger partial charge in [-0.2, -0.15) is 5.10 Å². The average molecular weight is 448 g/mol. The van der Waals surface area contributed by atoms with Gasteiger partial charge < -0.3 is 15.1 Å². The number of pyridine rings is 1. The number of likely N-dealkylation sites (N-methyl/N-ethyl adjacent to an activating group) is 1. The van der Waals surface area contributed by atoms with Crippen molar-refractivity contribution >= 4 is 17.5 Å². The quantitative estimate of drug-likeness (QED) is 0.597. The van der Waals surface area contributed by atoms with Crippen LogP contribution in [0, 0.1) is 0 Å². The van der Waals surface area contributed by atoms with Gasteiger partial charge in [-0.3, -0.25) is 19.3 Å². The maximum absolute atomic E-state index is 13.3. The molecule has 0 saturated carbocycles. The zero-order valence-electron chi connectivity index (χ0n) is 19.4. The Bertz CT molecular complexity index is 1140. The van der Waals surface area contributed by atoms with Crippen molar-refractivity contribution < 1.29 is 9.59 Å². The van der Waals surface area contributed by atoms with Crippen LogP contribution in [0.15, 0.2) is 48.9 Å². The number of aromatic nitrogens is 4. The summed E-state index contributed by atoms with van der Waals surface area (Å²) in [5, 5.41) is 7.60. The van der Waals surface area contributed by atoms with Crippen LogP contribution >= 0.6 is 0 Å². The molecular weight excluding hydrogens is 418 g/mol. The number of fused-ring (bicyclic) bond motifs is 1. The molecule has 0 aliphatic carbocycles. The lowest BCUT2D eigenvalue weighted by atomic mass is 9.98. The topological polar surface area (TPSA) is 96.2 Å². The van der Waals surface area contributed by atoms with Gasteiger partial charge in [0.15, 0.2) is 5.82 Å². The maximum atomic E-state index is 13.3. The van der Waals surface area contributed by atoms with Crippen LogP contribution in [0.2, 0.25) is 0 Å². The zero-order valence-corrected chi connectivity index (χ0v) is 19.4. The molecule has 0 radical (unpaired) electrons. The molecule has 3 heterocycles. The SMILES string of the molecule is CC(C)n1cnc(C2CN(C(=O)c3ccccn3)c3ccc(C(=O)NCCN(C)C)cc32)n1. The van der Waals surface area contributed by atoms with Crippen molar-refractivity contribution in [3.05, 3.63) is 71.6 Å². The summed E-state index contributed by atoms with van der Waals surface area (Å²) in [6.45, 7) is 5.76. The minimum atomic E-state index is -0.234. The van der Waals surface area contributed by atoms with Crippen LogP contribution in [0.25, 0.3) is 0 Å². The maximum Gasteiger partial charge on any atom is 0.276 e. The summed E-state index contributed by atoms with van der Waals surface area (Å²) >= 11 is 0. The van der Waals surface area contributed by atoms with Crippen molar-refractivity contribution in [1.29, 1.82) is 0 Å². The van der Waals surface area contributed by atoms with Crippen LogP contribution in [0.4, 0.5) is 5.69 Å². The summed E-state index contributed by atoms with van der Waals surface area (Å²) in [5.74, 6) is 0.0630. The largest absolute Gasteiger partial charge is 0.351 e. The number of amides is 2. The number of nitrogens with one attached hydrogen (secondary N) is 1. The van der Waals surface area contributed by atoms with E-state index in [9.17, 15) is 9.59 Å². The zero-order chi connectivity index (χ0) is 23.5. The lowest BCUT2D eigenvalue weighted by molar-refractivity contribution is 0.0949. The van der Waals surface area contributed by atoms with Gasteiger partial charge in [0.1, 0.15) is 12.0 Å². The van der Waals surface area contributed by atoms with E-state index < -0.39 is 0 Å². The highest BCUT2D eigenvalue weighted by atomic mass is 16.2. The van der Waals surface area contributed by atoms with E-state index in [0.717, 1.165) is 17.8 Å². The number of carbonyl (C=O) groups is 2. The van der Waals surface area contributed by atoms with Gasteiger partial charge in [-0.1, -0.05) is 6.07 Å². The fraction of sp³-hybridized carbons (Fsp3) is 0.375. The Morgan fingerprint density at radius 3 is 2.67 bits per heavy atom. The van der Waals surface area contributed by atoms with Crippen LogP contribution in [-0.4, -0.2) is 70.2 Å². The van der Waals surface area contributed by atoms with Gasteiger partial charge >= 0.3 is 0 Å². The molecule has 4 rings (SSSR count). The highest BCUT2D eigenvalue weighted by molar-refractivity contribution is 6.07. The third-order valence-electron chi connectivity index (χ3n) is 5.66. The highest BCUT2D eigenvalue weighted by Gasteiger charge is 2.37. The molecule has 9 heteroatoms. The van der Waals surface area contributed by atoms with Gasteiger partial charge in [-0.15, -0.1) is 0 Å². The second kappa shape index (κ2) is 9.50. The van der Waals surface area contributed by atoms with E-state index in [2.05, 4.69) is 20.4 Å². The first-order chi connectivity index (χ1) is 15.8. The fourth-order valence-electron chi connectivity index (χ4n) is 3.83. The highest BCUT2D eigenvalue weighted by Crippen LogP contribution is 2.40. The molecule has 0 spiro atoms. The van der Waals surface area contributed by atoms with Crippen molar-refractivity contribution in [2.45, 2.75) is 25.8 Å². The minimum absolute atomic E-state index is 0.145. The van der Waals surface area contributed by atoms with Gasteiger partial charge in [0.05, 0.1) is 5.92 Å². The summed E-state index contributed by atoms with van der Waals surface area (Å²) in [5.41, 5.74) is 2.53. The molecule has 3 aromatic rings. The van der Waals surface area contributed by atoms with Crippen LogP contribution in [0.5, 0.6) is 0 Å². The smallest absolute Gasteiger partial charge is 0.276 e. The lowest BCUT2D eigenvalue weighted by Gasteiger charge is -2.17. The summed E-state index contributed by atoms with van der Waals surface area (Å²) in [7, 11) is 3.92. The predicted octanol–water partition coefficient (Wildman–Crippen LogP) is 2.34. The van der Waals surface area contributed by atoms with E-state index in [1.807, 2.05) is 45.0 Å². The molecule has 0 saturated heterocycles. The van der Waals surface area contributed by atoms with Crippen LogP contribution in [0.1, 0.15) is 58.0 Å². The molecule has 1 unspecified atom stereocenters. The normalized spacial score (nSPS) is 15.2. The van der Waals surface area contributed by atoms with Crippen LogP contribution in [-0.2, 0) is 0 Å². The van der Waals surface area contributed by atoms with Gasteiger partial charge in [0, 0.05) is 43.1 Å². The van der Waals surface area contributed by atoms with E-state index in [0.29, 0.717) is 30.2 Å². The van der Waals surface area contributed by atoms with Crippen molar-refractivity contribution in [2.75, 3.05) is 38.6 Å². The van der Waals surface area contributed by atoms with E-state index >= 15 is 0 Å². The van der Waals surface area contributed by atoms with E-state index in [4.69, 9.17) is 0 Å². The molecule has 172 valence electrons. The lowest BCUT2D eigenvalue weighted by Crippen LogP contribution is -2.31. The number of rotatable bonds is 7. The molecule has 9 nitrogen and oxygen atoms in total. The molecule has 1 aliphatic rings. The third kappa shape index (κ3) is 4.78. The predicted molar refractivity (Wildman–Crippen MR) is 125 cm³/mol. The van der Waals surface area contributed by atoms with Gasteiger partial charge in [-0.25, -0.2) is 4.98 Å². The molecule has 2 amide bonds. The summed E-state index contributed by atoms with van der Waals surface area (Å²) in [6.07, 6.45) is 3.31. The van der Waals surface area contributed by atoms with Crippen molar-refractivity contribution in [3.63, 3.8) is 0 Å². The van der Waals surface area contributed by atoms with Crippen LogP contribution in [0.3, 0.4) is 0 Å². The second-order valence-electron chi connectivity index (χ2n) is 8.69. The van der Waals surface area contributed by atoms with Crippen molar-refractivity contribution in [2.24, 2.45) is 0 Å². The third-order valence-corrected chi connectivity index (χ3v) is 5.66. The number of hydrogen-bond acceptors (Lipinski definition) is 6. The molecule has 1 atom stereocenters. The number of carbonyl (C=O) groups excluding carboxylic acids is 2. The van der Waals surface area contributed by atoms with Gasteiger partial charge in [-0.05, 0) is 63.8 Å².